The normalized spacial score (nSPS) is 17.6. The largest absolute Gasteiger partial charge is 0.313 e. The smallest absolute Gasteiger partial charge is 0.0334 e. The molecular formula is C16H28N2S. The summed E-state index contributed by atoms with van der Waals surface area (Å²) in [5.41, 5.74) is 0. The van der Waals surface area contributed by atoms with E-state index in [-0.39, 0.29) is 0 Å². The van der Waals surface area contributed by atoms with E-state index in [1.807, 2.05) is 11.3 Å². The fourth-order valence-electron chi connectivity index (χ4n) is 2.60. The zero-order valence-electron chi connectivity index (χ0n) is 12.7. The second kappa shape index (κ2) is 6.87. The third-order valence-corrected chi connectivity index (χ3v) is 4.73. The van der Waals surface area contributed by atoms with Crippen LogP contribution in [0.1, 0.15) is 45.4 Å². The summed E-state index contributed by atoms with van der Waals surface area (Å²) in [6.07, 6.45) is 2.77. The molecule has 2 rings (SSSR count). The lowest BCUT2D eigenvalue weighted by Crippen LogP contribution is -2.47. The maximum Gasteiger partial charge on any atom is 0.0334 e. The molecular weight excluding hydrogens is 252 g/mol. The molecule has 1 aliphatic rings. The van der Waals surface area contributed by atoms with E-state index in [9.17, 15) is 0 Å². The van der Waals surface area contributed by atoms with Crippen LogP contribution in [0.5, 0.6) is 0 Å². The van der Waals surface area contributed by atoms with Crippen molar-refractivity contribution in [2.45, 2.75) is 65.2 Å². The maximum absolute atomic E-state index is 3.63. The molecule has 0 saturated heterocycles. The van der Waals surface area contributed by atoms with Gasteiger partial charge in [-0.2, -0.15) is 0 Å². The fourth-order valence-corrected chi connectivity index (χ4v) is 3.31. The number of nitrogens with one attached hydrogen (secondary N) is 1. The highest BCUT2D eigenvalue weighted by molar-refractivity contribution is 7.09. The zero-order valence-corrected chi connectivity index (χ0v) is 13.5. The predicted molar refractivity (Wildman–Crippen MR) is 84.6 cm³/mol. The Hall–Kier alpha value is -0.380. The Morgan fingerprint density at radius 2 is 2.05 bits per heavy atom. The van der Waals surface area contributed by atoms with Crippen molar-refractivity contribution in [2.75, 3.05) is 6.54 Å². The lowest BCUT2D eigenvalue weighted by atomic mass is 10.0. The SMILES string of the molecule is CC(C)NCC(C(C)C)N(Cc1cccs1)C1CC1. The summed E-state index contributed by atoms with van der Waals surface area (Å²) in [6, 6.07) is 6.49. The lowest BCUT2D eigenvalue weighted by molar-refractivity contribution is 0.133. The minimum absolute atomic E-state index is 0.573. The Morgan fingerprint density at radius 3 is 2.53 bits per heavy atom. The zero-order chi connectivity index (χ0) is 13.8. The molecule has 3 heteroatoms. The molecule has 1 aromatic rings. The van der Waals surface area contributed by atoms with Crippen molar-refractivity contribution in [3.8, 4) is 0 Å². The molecule has 1 heterocycles. The molecule has 2 nitrogen and oxygen atoms in total. The summed E-state index contributed by atoms with van der Waals surface area (Å²) < 4.78 is 0. The quantitative estimate of drug-likeness (QED) is 0.780. The summed E-state index contributed by atoms with van der Waals surface area (Å²) >= 11 is 1.89. The van der Waals surface area contributed by atoms with Crippen LogP contribution in [0.25, 0.3) is 0 Å². The van der Waals surface area contributed by atoms with E-state index in [2.05, 4.69) is 55.4 Å². The molecule has 1 saturated carbocycles. The van der Waals surface area contributed by atoms with Crippen molar-refractivity contribution in [2.24, 2.45) is 5.92 Å². The van der Waals surface area contributed by atoms with E-state index < -0.39 is 0 Å². The number of hydrogen-bond acceptors (Lipinski definition) is 3. The second-order valence-electron chi connectivity index (χ2n) is 6.36. The van der Waals surface area contributed by atoms with Crippen LogP contribution in [0.4, 0.5) is 0 Å². The van der Waals surface area contributed by atoms with Gasteiger partial charge in [0.1, 0.15) is 0 Å². The first-order valence-electron chi connectivity index (χ1n) is 7.59. The molecule has 19 heavy (non-hydrogen) atoms. The Labute approximate surface area is 122 Å². The highest BCUT2D eigenvalue weighted by Crippen LogP contribution is 2.32. The van der Waals surface area contributed by atoms with Crippen LogP contribution >= 0.6 is 11.3 Å². The van der Waals surface area contributed by atoms with E-state index in [0.717, 1.165) is 19.1 Å². The summed E-state index contributed by atoms with van der Waals surface area (Å²) in [5, 5.41) is 5.82. The molecule has 0 aliphatic heterocycles. The summed E-state index contributed by atoms with van der Waals surface area (Å²) in [5.74, 6) is 0.701. The monoisotopic (exact) mass is 280 g/mol. The molecule has 1 aliphatic carbocycles. The fraction of sp³-hybridized carbons (Fsp3) is 0.750. The molecule has 0 radical (unpaired) electrons. The van der Waals surface area contributed by atoms with Gasteiger partial charge in [0.2, 0.25) is 0 Å². The second-order valence-corrected chi connectivity index (χ2v) is 7.39. The minimum atomic E-state index is 0.573. The highest BCUT2D eigenvalue weighted by Gasteiger charge is 2.35. The van der Waals surface area contributed by atoms with Crippen LogP contribution in [0.2, 0.25) is 0 Å². The first-order chi connectivity index (χ1) is 9.08. The molecule has 0 amide bonds. The maximum atomic E-state index is 3.63. The Balaban J connectivity index is 2.01. The standard InChI is InChI=1S/C16H28N2S/c1-12(2)16(10-17-13(3)4)18(14-7-8-14)11-15-6-5-9-19-15/h5-6,9,12-14,16-17H,7-8,10-11H2,1-4H3. The van der Waals surface area contributed by atoms with Crippen molar-refractivity contribution in [1.29, 1.82) is 0 Å². The van der Waals surface area contributed by atoms with Crippen molar-refractivity contribution in [1.82, 2.24) is 10.2 Å². The Kier molecular flexibility index (Phi) is 5.43. The van der Waals surface area contributed by atoms with Gasteiger partial charge in [0.05, 0.1) is 0 Å². The third kappa shape index (κ3) is 4.59. The van der Waals surface area contributed by atoms with Gasteiger partial charge in [0, 0.05) is 36.1 Å². The van der Waals surface area contributed by atoms with Crippen molar-refractivity contribution in [3.05, 3.63) is 22.4 Å². The Bertz CT molecular complexity index is 355. The number of rotatable bonds is 8. The molecule has 1 aromatic heterocycles. The number of thiophene rings is 1. The van der Waals surface area contributed by atoms with E-state index in [1.54, 1.807) is 0 Å². The van der Waals surface area contributed by atoms with E-state index in [1.165, 1.54) is 17.7 Å². The van der Waals surface area contributed by atoms with Gasteiger partial charge in [-0.1, -0.05) is 33.8 Å². The van der Waals surface area contributed by atoms with Gasteiger partial charge in [0.15, 0.2) is 0 Å². The van der Waals surface area contributed by atoms with Gasteiger partial charge in [-0.05, 0) is 30.2 Å². The van der Waals surface area contributed by atoms with Crippen LogP contribution in [-0.2, 0) is 6.54 Å². The van der Waals surface area contributed by atoms with Crippen LogP contribution in [0, 0.1) is 5.92 Å². The topological polar surface area (TPSA) is 15.3 Å². The predicted octanol–water partition coefficient (Wildman–Crippen LogP) is 3.74. The highest BCUT2D eigenvalue weighted by atomic mass is 32.1. The average Bonchev–Trinajstić information content (AvgIpc) is 3.05. The minimum Gasteiger partial charge on any atom is -0.313 e. The third-order valence-electron chi connectivity index (χ3n) is 3.87. The molecule has 1 fully saturated rings. The van der Waals surface area contributed by atoms with Gasteiger partial charge in [-0.3, -0.25) is 4.90 Å². The van der Waals surface area contributed by atoms with E-state index in [4.69, 9.17) is 0 Å². The molecule has 0 bridgehead atoms. The van der Waals surface area contributed by atoms with Crippen LogP contribution in [0.3, 0.4) is 0 Å². The van der Waals surface area contributed by atoms with E-state index >= 15 is 0 Å². The first kappa shape index (κ1) is 15.0. The molecule has 0 spiro atoms. The van der Waals surface area contributed by atoms with Crippen molar-refractivity contribution >= 4 is 11.3 Å². The van der Waals surface area contributed by atoms with E-state index in [0.29, 0.717) is 18.0 Å². The molecule has 1 unspecified atom stereocenters. The molecule has 0 aromatic carbocycles. The summed E-state index contributed by atoms with van der Waals surface area (Å²) in [6.45, 7) is 11.4. The van der Waals surface area contributed by atoms with Crippen molar-refractivity contribution < 1.29 is 0 Å². The average molecular weight is 280 g/mol. The molecule has 1 N–H and O–H groups in total. The number of nitrogens with zero attached hydrogens (tertiary/aromatic N) is 1. The van der Waals surface area contributed by atoms with Gasteiger partial charge in [-0.25, -0.2) is 0 Å². The van der Waals surface area contributed by atoms with Crippen LogP contribution in [0.15, 0.2) is 17.5 Å². The van der Waals surface area contributed by atoms with Gasteiger partial charge in [-0.15, -0.1) is 11.3 Å². The summed E-state index contributed by atoms with van der Waals surface area (Å²) in [7, 11) is 0. The Morgan fingerprint density at radius 1 is 1.32 bits per heavy atom. The van der Waals surface area contributed by atoms with Crippen LogP contribution < -0.4 is 5.32 Å². The lowest BCUT2D eigenvalue weighted by Gasteiger charge is -2.35. The molecule has 108 valence electrons. The van der Waals surface area contributed by atoms with Gasteiger partial charge >= 0.3 is 0 Å². The molecule has 1 atom stereocenters. The summed E-state index contributed by atoms with van der Waals surface area (Å²) in [4.78, 5) is 4.24. The van der Waals surface area contributed by atoms with Crippen molar-refractivity contribution in [3.63, 3.8) is 0 Å². The van der Waals surface area contributed by atoms with Gasteiger partial charge < -0.3 is 5.32 Å². The first-order valence-corrected chi connectivity index (χ1v) is 8.47. The number of hydrogen-bond donors (Lipinski definition) is 1. The van der Waals surface area contributed by atoms with Crippen LogP contribution in [-0.4, -0.2) is 29.6 Å². The van der Waals surface area contributed by atoms with Gasteiger partial charge in [0.25, 0.3) is 0 Å².